The van der Waals surface area contributed by atoms with Crippen LogP contribution in [0.15, 0.2) is 38.3 Å². The van der Waals surface area contributed by atoms with E-state index in [0.29, 0.717) is 17.6 Å². The first-order valence-corrected chi connectivity index (χ1v) is 10.6. The smallest absolute Gasteiger partial charge is 0.417 e. The first-order valence-electron chi connectivity index (χ1n) is 10.6. The second-order valence-electron chi connectivity index (χ2n) is 9.51. The van der Waals surface area contributed by atoms with E-state index < -0.39 is 51.3 Å². The van der Waals surface area contributed by atoms with Crippen molar-refractivity contribution in [2.75, 3.05) is 24.7 Å². The Hall–Kier alpha value is -3.76. The van der Waals surface area contributed by atoms with Crippen molar-refractivity contribution in [1.82, 2.24) is 4.90 Å². The molecule has 0 saturated heterocycles. The predicted molar refractivity (Wildman–Crippen MR) is 125 cm³/mol. The summed E-state index contributed by atoms with van der Waals surface area (Å²) in [5.41, 5.74) is -5.21. The number of nitrogens with zero attached hydrogens (tertiary/aromatic N) is 1. The number of phenols is 1. The number of hydrogen-bond acceptors (Lipinski definition) is 7. The first kappa shape index (κ1) is 25.9. The molecule has 1 heterocycles. The van der Waals surface area contributed by atoms with Crippen molar-refractivity contribution in [3.8, 4) is 5.75 Å². The van der Waals surface area contributed by atoms with E-state index in [1.807, 2.05) is 20.8 Å². The van der Waals surface area contributed by atoms with E-state index >= 15 is 0 Å². The van der Waals surface area contributed by atoms with Crippen LogP contribution in [0, 0.1) is 12.3 Å². The van der Waals surface area contributed by atoms with Crippen LogP contribution in [-0.2, 0) is 6.18 Å². The van der Waals surface area contributed by atoms with Crippen LogP contribution < -0.4 is 21.5 Å². The lowest BCUT2D eigenvalue weighted by molar-refractivity contribution is -0.138. The number of anilines is 3. The molecule has 0 aliphatic rings. The lowest BCUT2D eigenvalue weighted by Crippen LogP contribution is -2.39. The second kappa shape index (κ2) is 8.79. The highest BCUT2D eigenvalue weighted by atomic mass is 19.4. The molecule has 3 N–H and O–H groups in total. The molecule has 0 spiro atoms. The molecule has 0 bridgehead atoms. The highest BCUT2D eigenvalue weighted by molar-refractivity contribution is 6.00. The number of phenolic OH excluding ortho intramolecular Hbond substituents is 1. The average molecular weight is 493 g/mol. The molecule has 0 saturated carbocycles. The molecule has 2 aromatic carbocycles. The zero-order chi connectivity index (χ0) is 26.5. The maximum atomic E-state index is 13.5. The van der Waals surface area contributed by atoms with Gasteiger partial charge in [0, 0.05) is 14.1 Å². The molecule has 0 aliphatic heterocycles. The van der Waals surface area contributed by atoms with Gasteiger partial charge >= 0.3 is 6.18 Å². The Bertz CT molecular complexity index is 1340. The molecular weight excluding hydrogens is 467 g/mol. The average Bonchev–Trinajstić information content (AvgIpc) is 3.16. The summed E-state index contributed by atoms with van der Waals surface area (Å²) in [4.78, 5) is 38.0. The van der Waals surface area contributed by atoms with Crippen molar-refractivity contribution in [2.24, 2.45) is 5.41 Å². The van der Waals surface area contributed by atoms with Crippen molar-refractivity contribution in [3.05, 3.63) is 67.4 Å². The molecule has 11 heteroatoms. The summed E-state index contributed by atoms with van der Waals surface area (Å²) in [6.07, 6.45) is -4.91. The van der Waals surface area contributed by atoms with Crippen molar-refractivity contribution in [1.29, 1.82) is 0 Å². The van der Waals surface area contributed by atoms with Crippen LogP contribution in [0.1, 0.15) is 54.3 Å². The third-order valence-corrected chi connectivity index (χ3v) is 5.47. The van der Waals surface area contributed by atoms with Gasteiger partial charge in [0.25, 0.3) is 16.8 Å². The number of hydrogen-bond donors (Lipinski definition) is 3. The molecule has 188 valence electrons. The topological polar surface area (TPSA) is 112 Å². The molecule has 3 rings (SSSR count). The molecule has 1 atom stereocenters. The Kier molecular flexibility index (Phi) is 6.49. The van der Waals surface area contributed by atoms with E-state index in [0.717, 1.165) is 11.0 Å². The minimum absolute atomic E-state index is 0.108. The van der Waals surface area contributed by atoms with Gasteiger partial charge in [-0.1, -0.05) is 20.8 Å². The highest BCUT2D eigenvalue weighted by Crippen LogP contribution is 2.42. The third-order valence-electron chi connectivity index (χ3n) is 5.47. The number of rotatable bonds is 6. The normalized spacial score (nSPS) is 13.1. The lowest BCUT2D eigenvalue weighted by Gasteiger charge is -2.31. The van der Waals surface area contributed by atoms with Crippen LogP contribution in [0.2, 0.25) is 0 Å². The van der Waals surface area contributed by atoms with Crippen LogP contribution >= 0.6 is 0 Å². The Labute approximate surface area is 199 Å². The molecule has 8 nitrogen and oxygen atoms in total. The monoisotopic (exact) mass is 493 g/mol. The molecule has 0 aliphatic carbocycles. The van der Waals surface area contributed by atoms with Crippen molar-refractivity contribution in [2.45, 2.75) is 39.9 Å². The van der Waals surface area contributed by atoms with Gasteiger partial charge < -0.3 is 25.1 Å². The predicted octanol–water partition coefficient (Wildman–Crippen LogP) is 4.55. The van der Waals surface area contributed by atoms with Crippen molar-refractivity contribution >= 4 is 23.0 Å². The SMILES string of the molecule is Cc1ccc(C(Nc2c(Nc3ccc(C(F)(F)F)c(C(=O)N(C)C)c3O)c(=O)c2=O)C(C)(C)C)o1. The zero-order valence-corrected chi connectivity index (χ0v) is 20.0. The maximum Gasteiger partial charge on any atom is 0.417 e. The van der Waals surface area contributed by atoms with E-state index in [-0.39, 0.29) is 17.1 Å². The van der Waals surface area contributed by atoms with Crippen LogP contribution in [0.25, 0.3) is 0 Å². The quantitative estimate of drug-likeness (QED) is 0.341. The van der Waals surface area contributed by atoms with Gasteiger partial charge in [-0.25, -0.2) is 0 Å². The number of carbonyl (C=O) groups excluding carboxylic acids is 1. The molecule has 0 fully saturated rings. The summed E-state index contributed by atoms with van der Waals surface area (Å²) >= 11 is 0. The van der Waals surface area contributed by atoms with Gasteiger partial charge in [-0.05, 0) is 36.6 Å². The summed E-state index contributed by atoms with van der Waals surface area (Å²) in [6.45, 7) is 7.43. The number of halogens is 3. The molecule has 3 aromatic rings. The largest absolute Gasteiger partial charge is 0.505 e. The Balaban J connectivity index is 2.05. The summed E-state index contributed by atoms with van der Waals surface area (Å²) in [5.74, 6) is -0.910. The van der Waals surface area contributed by atoms with Crippen LogP contribution in [0.5, 0.6) is 5.75 Å². The fraction of sp³-hybridized carbons (Fsp3) is 0.375. The highest BCUT2D eigenvalue weighted by Gasteiger charge is 2.39. The summed E-state index contributed by atoms with van der Waals surface area (Å²) < 4.78 is 46.2. The van der Waals surface area contributed by atoms with E-state index in [4.69, 9.17) is 4.42 Å². The van der Waals surface area contributed by atoms with Gasteiger partial charge in [0.05, 0.1) is 22.9 Å². The standard InChI is InChI=1S/C24H26F3N3O5/c1-11-7-10-14(35-11)21(23(2,3)4)29-17-16(19(32)20(17)33)28-13-9-8-12(24(25,26)27)15(18(13)31)22(34)30(5)6/h7-10,21,28-29,31H,1-6H3. The number of alkyl halides is 3. The summed E-state index contributed by atoms with van der Waals surface area (Å²) in [7, 11) is 2.48. The Morgan fingerprint density at radius 3 is 2.11 bits per heavy atom. The molecule has 35 heavy (non-hydrogen) atoms. The molecule has 1 amide bonds. The number of aryl methyl sites for hydroxylation is 1. The minimum atomic E-state index is -4.91. The molecule has 1 unspecified atom stereocenters. The van der Waals surface area contributed by atoms with E-state index in [9.17, 15) is 32.7 Å². The van der Waals surface area contributed by atoms with Gasteiger partial charge in [-0.3, -0.25) is 14.4 Å². The van der Waals surface area contributed by atoms with Crippen LogP contribution in [0.3, 0.4) is 0 Å². The summed E-state index contributed by atoms with van der Waals surface area (Å²) in [5, 5.41) is 16.1. The third kappa shape index (κ3) is 4.89. The fourth-order valence-electron chi connectivity index (χ4n) is 3.62. The van der Waals surface area contributed by atoms with E-state index in [1.165, 1.54) is 14.1 Å². The number of nitrogens with one attached hydrogen (secondary N) is 2. The number of furan rings is 1. The van der Waals surface area contributed by atoms with Gasteiger partial charge in [0.2, 0.25) is 0 Å². The van der Waals surface area contributed by atoms with Gasteiger partial charge in [-0.2, -0.15) is 13.2 Å². The number of carbonyl (C=O) groups is 1. The van der Waals surface area contributed by atoms with Crippen molar-refractivity contribution in [3.63, 3.8) is 0 Å². The first-order chi connectivity index (χ1) is 16.0. The van der Waals surface area contributed by atoms with Gasteiger partial charge in [0.1, 0.15) is 22.9 Å². The van der Waals surface area contributed by atoms with Crippen LogP contribution in [0.4, 0.5) is 30.2 Å². The Morgan fingerprint density at radius 1 is 1.03 bits per heavy atom. The number of amides is 1. The lowest BCUT2D eigenvalue weighted by atomic mass is 9.85. The molecule has 1 aromatic heterocycles. The number of benzene rings is 1. The fourth-order valence-corrected chi connectivity index (χ4v) is 3.62. The van der Waals surface area contributed by atoms with Gasteiger partial charge in [0.15, 0.2) is 5.75 Å². The molecule has 0 radical (unpaired) electrons. The van der Waals surface area contributed by atoms with Crippen LogP contribution in [-0.4, -0.2) is 30.0 Å². The zero-order valence-electron chi connectivity index (χ0n) is 20.0. The van der Waals surface area contributed by atoms with E-state index in [1.54, 1.807) is 19.1 Å². The van der Waals surface area contributed by atoms with E-state index in [2.05, 4.69) is 10.6 Å². The second-order valence-corrected chi connectivity index (χ2v) is 9.51. The van der Waals surface area contributed by atoms with Gasteiger partial charge in [-0.15, -0.1) is 0 Å². The minimum Gasteiger partial charge on any atom is -0.505 e. The maximum absolute atomic E-state index is 13.5. The number of aromatic hydroxyl groups is 1. The molecular formula is C24H26F3N3O5. The van der Waals surface area contributed by atoms with Crippen molar-refractivity contribution < 1.29 is 27.5 Å². The summed E-state index contributed by atoms with van der Waals surface area (Å²) in [6, 6.07) is 4.47. The Morgan fingerprint density at radius 2 is 1.63 bits per heavy atom.